The summed E-state index contributed by atoms with van der Waals surface area (Å²) in [5, 5.41) is 10.4. The molecule has 0 fully saturated rings. The van der Waals surface area contributed by atoms with Gasteiger partial charge in [0, 0.05) is 6.54 Å². The maximum atomic E-state index is 10.4. The highest BCUT2D eigenvalue weighted by Gasteiger charge is 2.16. The molecule has 1 rings (SSSR count). The van der Waals surface area contributed by atoms with Crippen molar-refractivity contribution < 1.29 is 4.92 Å². The van der Waals surface area contributed by atoms with Crippen LogP contribution < -0.4 is 0 Å². The molecule has 5 heteroatoms. The lowest BCUT2D eigenvalue weighted by Crippen LogP contribution is -1.98. The summed E-state index contributed by atoms with van der Waals surface area (Å²) in [7, 11) is 0. The zero-order chi connectivity index (χ0) is 9.14. The molecular formula is C7H11N3O2. The van der Waals surface area contributed by atoms with Gasteiger partial charge in [0.1, 0.15) is 5.69 Å². The Bertz CT molecular complexity index is 293. The molecule has 0 unspecified atom stereocenters. The molecule has 0 N–H and O–H groups in total. The molecule has 66 valence electrons. The summed E-state index contributed by atoms with van der Waals surface area (Å²) < 4.78 is 1.79. The number of nitrogens with zero attached hydrogens (tertiary/aromatic N) is 3. The van der Waals surface area contributed by atoms with Crippen LogP contribution in [0, 0.1) is 17.0 Å². The average molecular weight is 169 g/mol. The lowest BCUT2D eigenvalue weighted by Gasteiger charge is -1.98. The number of nitro groups is 1. The van der Waals surface area contributed by atoms with Crippen LogP contribution in [0.15, 0.2) is 6.33 Å². The normalized spacial score (nSPS) is 10.2. The Kier molecular flexibility index (Phi) is 2.42. The van der Waals surface area contributed by atoms with Gasteiger partial charge in [0.05, 0.1) is 0 Å². The van der Waals surface area contributed by atoms with E-state index in [1.165, 1.54) is 6.33 Å². The molecule has 0 aromatic carbocycles. The summed E-state index contributed by atoms with van der Waals surface area (Å²) in [4.78, 5) is 13.6. The van der Waals surface area contributed by atoms with Crippen molar-refractivity contribution in [1.82, 2.24) is 9.55 Å². The standard InChI is InChI=1S/C7H11N3O2/c1-3-4-9-5-8-7(6(9)2)10(11)12/h5H,3-4H2,1-2H3. The SMILES string of the molecule is CCCn1cnc([N+](=O)[O-])c1C. The Morgan fingerprint density at radius 2 is 2.42 bits per heavy atom. The molecule has 1 heterocycles. The third-order valence-corrected chi connectivity index (χ3v) is 1.71. The minimum absolute atomic E-state index is 0.0385. The second-order valence-corrected chi connectivity index (χ2v) is 2.60. The van der Waals surface area contributed by atoms with Gasteiger partial charge >= 0.3 is 5.82 Å². The van der Waals surface area contributed by atoms with Gasteiger partial charge in [-0.25, -0.2) is 0 Å². The van der Waals surface area contributed by atoms with Gasteiger partial charge in [-0.1, -0.05) is 6.92 Å². The zero-order valence-corrected chi connectivity index (χ0v) is 7.15. The van der Waals surface area contributed by atoms with Crippen molar-refractivity contribution in [2.24, 2.45) is 0 Å². The van der Waals surface area contributed by atoms with Crippen LogP contribution >= 0.6 is 0 Å². The summed E-state index contributed by atoms with van der Waals surface area (Å²) in [6.07, 6.45) is 2.46. The quantitative estimate of drug-likeness (QED) is 0.509. The second-order valence-electron chi connectivity index (χ2n) is 2.60. The molecule has 0 spiro atoms. The Labute approximate surface area is 70.2 Å². The smallest absolute Gasteiger partial charge is 0.358 e. The number of aromatic nitrogens is 2. The van der Waals surface area contributed by atoms with Gasteiger partial charge in [0.2, 0.25) is 6.33 Å². The van der Waals surface area contributed by atoms with Gasteiger partial charge in [0.15, 0.2) is 0 Å². The van der Waals surface area contributed by atoms with E-state index >= 15 is 0 Å². The summed E-state index contributed by atoms with van der Waals surface area (Å²) in [6.45, 7) is 4.51. The van der Waals surface area contributed by atoms with Crippen molar-refractivity contribution in [1.29, 1.82) is 0 Å². The number of imidazole rings is 1. The molecule has 0 radical (unpaired) electrons. The van der Waals surface area contributed by atoms with Crippen LogP contribution in [0.5, 0.6) is 0 Å². The van der Waals surface area contributed by atoms with Crippen molar-refractivity contribution in [3.8, 4) is 0 Å². The first-order chi connectivity index (χ1) is 5.66. The van der Waals surface area contributed by atoms with Crippen molar-refractivity contribution in [2.75, 3.05) is 0 Å². The first-order valence-corrected chi connectivity index (χ1v) is 3.83. The maximum Gasteiger partial charge on any atom is 0.384 e. The minimum Gasteiger partial charge on any atom is -0.358 e. The van der Waals surface area contributed by atoms with Gasteiger partial charge in [-0.3, -0.25) is 0 Å². The van der Waals surface area contributed by atoms with E-state index in [-0.39, 0.29) is 5.82 Å². The molecular weight excluding hydrogens is 158 g/mol. The Morgan fingerprint density at radius 3 is 2.83 bits per heavy atom. The van der Waals surface area contributed by atoms with Crippen LogP contribution in [0.3, 0.4) is 0 Å². The molecule has 0 amide bonds. The van der Waals surface area contributed by atoms with E-state index in [0.29, 0.717) is 5.69 Å². The number of hydrogen-bond acceptors (Lipinski definition) is 3. The number of rotatable bonds is 3. The van der Waals surface area contributed by atoms with Gasteiger partial charge in [-0.2, -0.15) is 0 Å². The predicted molar refractivity (Wildman–Crippen MR) is 43.9 cm³/mol. The highest BCUT2D eigenvalue weighted by Crippen LogP contribution is 2.14. The zero-order valence-electron chi connectivity index (χ0n) is 7.15. The molecule has 0 bridgehead atoms. The number of aryl methyl sites for hydroxylation is 1. The van der Waals surface area contributed by atoms with E-state index in [2.05, 4.69) is 4.98 Å². The summed E-state index contributed by atoms with van der Waals surface area (Å²) in [5.74, 6) is -0.0385. The predicted octanol–water partition coefficient (Wildman–Crippen LogP) is 1.51. The fraction of sp³-hybridized carbons (Fsp3) is 0.571. The topological polar surface area (TPSA) is 61.0 Å². The third kappa shape index (κ3) is 1.44. The lowest BCUT2D eigenvalue weighted by molar-refractivity contribution is -0.389. The molecule has 5 nitrogen and oxygen atoms in total. The fourth-order valence-corrected chi connectivity index (χ4v) is 1.08. The Hall–Kier alpha value is -1.39. The Morgan fingerprint density at radius 1 is 1.75 bits per heavy atom. The van der Waals surface area contributed by atoms with Gasteiger partial charge in [-0.05, 0) is 23.3 Å². The lowest BCUT2D eigenvalue weighted by atomic mass is 10.4. The van der Waals surface area contributed by atoms with Gasteiger partial charge < -0.3 is 14.7 Å². The summed E-state index contributed by atoms with van der Waals surface area (Å²) in [6, 6.07) is 0. The molecule has 1 aromatic heterocycles. The molecule has 12 heavy (non-hydrogen) atoms. The fourth-order valence-electron chi connectivity index (χ4n) is 1.08. The average Bonchev–Trinajstić information content (AvgIpc) is 2.34. The molecule has 0 aliphatic carbocycles. The number of hydrogen-bond donors (Lipinski definition) is 0. The molecule has 0 aliphatic heterocycles. The van der Waals surface area contributed by atoms with Crippen LogP contribution in [0.25, 0.3) is 0 Å². The first kappa shape index (κ1) is 8.70. The molecule has 1 aromatic rings. The van der Waals surface area contributed by atoms with Crippen molar-refractivity contribution >= 4 is 5.82 Å². The molecule has 0 atom stereocenters. The van der Waals surface area contributed by atoms with Crippen molar-refractivity contribution in [2.45, 2.75) is 26.8 Å². The Balaban J connectivity index is 2.96. The molecule has 0 saturated carbocycles. The largest absolute Gasteiger partial charge is 0.384 e. The van der Waals surface area contributed by atoms with Gasteiger partial charge in [0.25, 0.3) is 0 Å². The van der Waals surface area contributed by atoms with E-state index in [1.807, 2.05) is 6.92 Å². The van der Waals surface area contributed by atoms with E-state index < -0.39 is 4.92 Å². The summed E-state index contributed by atoms with van der Waals surface area (Å²) >= 11 is 0. The van der Waals surface area contributed by atoms with E-state index in [0.717, 1.165) is 13.0 Å². The van der Waals surface area contributed by atoms with Crippen LogP contribution in [0.4, 0.5) is 5.82 Å². The van der Waals surface area contributed by atoms with E-state index in [9.17, 15) is 10.1 Å². The highest BCUT2D eigenvalue weighted by atomic mass is 16.6. The summed E-state index contributed by atoms with van der Waals surface area (Å²) in [5.41, 5.74) is 0.627. The van der Waals surface area contributed by atoms with Crippen LogP contribution in [-0.2, 0) is 6.54 Å². The van der Waals surface area contributed by atoms with Crippen LogP contribution in [-0.4, -0.2) is 14.5 Å². The minimum atomic E-state index is -0.457. The maximum absolute atomic E-state index is 10.4. The van der Waals surface area contributed by atoms with Crippen LogP contribution in [0.2, 0.25) is 0 Å². The third-order valence-electron chi connectivity index (χ3n) is 1.71. The van der Waals surface area contributed by atoms with E-state index in [1.54, 1.807) is 11.5 Å². The second kappa shape index (κ2) is 3.34. The highest BCUT2D eigenvalue weighted by molar-refractivity contribution is 5.25. The van der Waals surface area contributed by atoms with Crippen molar-refractivity contribution in [3.63, 3.8) is 0 Å². The van der Waals surface area contributed by atoms with E-state index in [4.69, 9.17) is 0 Å². The van der Waals surface area contributed by atoms with Crippen molar-refractivity contribution in [3.05, 3.63) is 22.1 Å². The van der Waals surface area contributed by atoms with Crippen LogP contribution in [0.1, 0.15) is 19.0 Å². The molecule has 0 saturated heterocycles. The monoisotopic (exact) mass is 169 g/mol. The molecule has 0 aliphatic rings. The first-order valence-electron chi connectivity index (χ1n) is 3.83. The van der Waals surface area contributed by atoms with Gasteiger partial charge in [-0.15, -0.1) is 0 Å².